The van der Waals surface area contributed by atoms with Crippen LogP contribution in [0.4, 0.5) is 4.39 Å². The Kier molecular flexibility index (Phi) is 4.82. The molecule has 0 N–H and O–H groups in total. The van der Waals surface area contributed by atoms with Crippen LogP contribution >= 0.6 is 22.7 Å². The number of carbonyl (C=O) groups is 1. The van der Waals surface area contributed by atoms with Gasteiger partial charge < -0.3 is 4.74 Å². The van der Waals surface area contributed by atoms with E-state index >= 15 is 0 Å². The lowest BCUT2D eigenvalue weighted by molar-refractivity contribution is -0.136. The van der Waals surface area contributed by atoms with Gasteiger partial charge in [0, 0.05) is 4.88 Å². The van der Waals surface area contributed by atoms with Crippen LogP contribution in [0.15, 0.2) is 62.8 Å². The lowest BCUT2D eigenvalue weighted by Gasteiger charge is -2.22. The zero-order valence-corrected chi connectivity index (χ0v) is 16.6. The number of methoxy groups -OCH3 is 1. The minimum absolute atomic E-state index is 0.250. The molecule has 142 valence electrons. The molecular formula is C20H15FN2O3S2. The van der Waals surface area contributed by atoms with E-state index in [0.29, 0.717) is 26.2 Å². The number of benzene rings is 1. The van der Waals surface area contributed by atoms with Crippen LogP contribution in [0.5, 0.6) is 0 Å². The van der Waals surface area contributed by atoms with Crippen molar-refractivity contribution in [3.63, 3.8) is 0 Å². The van der Waals surface area contributed by atoms with Crippen LogP contribution in [0.2, 0.25) is 0 Å². The Hall–Kier alpha value is -2.84. The summed E-state index contributed by atoms with van der Waals surface area (Å²) in [6.07, 6.45) is 1.70. The van der Waals surface area contributed by atoms with E-state index in [1.807, 2.05) is 17.5 Å². The van der Waals surface area contributed by atoms with Crippen molar-refractivity contribution in [3.8, 4) is 0 Å². The van der Waals surface area contributed by atoms with Gasteiger partial charge in [0.15, 0.2) is 4.80 Å². The molecule has 3 heterocycles. The Bertz CT molecular complexity index is 1250. The molecule has 0 fully saturated rings. The lowest BCUT2D eigenvalue weighted by atomic mass is 10.0. The number of ether oxygens (including phenoxy) is 1. The summed E-state index contributed by atoms with van der Waals surface area (Å²) in [4.78, 5) is 31.5. The highest BCUT2D eigenvalue weighted by Gasteiger charge is 2.33. The molecule has 4 rings (SSSR count). The van der Waals surface area contributed by atoms with E-state index in [2.05, 4.69) is 4.99 Å². The van der Waals surface area contributed by atoms with Gasteiger partial charge in [-0.25, -0.2) is 14.2 Å². The molecule has 1 atom stereocenters. The van der Waals surface area contributed by atoms with Crippen molar-refractivity contribution in [2.24, 2.45) is 4.99 Å². The number of fused-ring (bicyclic) bond motifs is 1. The van der Waals surface area contributed by atoms with Crippen molar-refractivity contribution in [1.29, 1.82) is 0 Å². The van der Waals surface area contributed by atoms with Crippen molar-refractivity contribution >= 4 is 34.7 Å². The second-order valence-corrected chi connectivity index (χ2v) is 8.13. The molecule has 0 radical (unpaired) electrons. The summed E-state index contributed by atoms with van der Waals surface area (Å²) in [7, 11) is 1.31. The van der Waals surface area contributed by atoms with Gasteiger partial charge in [0.1, 0.15) is 11.9 Å². The number of rotatable bonds is 3. The molecule has 0 saturated heterocycles. The van der Waals surface area contributed by atoms with Gasteiger partial charge in [0.05, 0.1) is 22.9 Å². The molecule has 1 aliphatic heterocycles. The molecule has 1 unspecified atom stereocenters. The second kappa shape index (κ2) is 7.29. The second-order valence-electron chi connectivity index (χ2n) is 6.14. The molecule has 0 spiro atoms. The van der Waals surface area contributed by atoms with Crippen LogP contribution in [0.1, 0.15) is 23.4 Å². The fourth-order valence-electron chi connectivity index (χ4n) is 3.12. The molecule has 1 aliphatic rings. The highest BCUT2D eigenvalue weighted by atomic mass is 32.1. The normalized spacial score (nSPS) is 16.7. The number of hydrogen-bond acceptors (Lipinski definition) is 6. The fourth-order valence-corrected chi connectivity index (χ4v) is 4.99. The largest absolute Gasteiger partial charge is 0.466 e. The van der Waals surface area contributed by atoms with E-state index in [4.69, 9.17) is 4.74 Å². The van der Waals surface area contributed by atoms with Gasteiger partial charge in [0.2, 0.25) is 0 Å². The average Bonchev–Trinajstić information content (AvgIpc) is 3.31. The minimum Gasteiger partial charge on any atom is -0.466 e. The summed E-state index contributed by atoms with van der Waals surface area (Å²) in [6.45, 7) is 1.74. The quantitative estimate of drug-likeness (QED) is 0.619. The maximum Gasteiger partial charge on any atom is 0.338 e. The molecule has 0 aliphatic carbocycles. The summed E-state index contributed by atoms with van der Waals surface area (Å²) in [5.74, 6) is -0.845. The average molecular weight is 414 g/mol. The summed E-state index contributed by atoms with van der Waals surface area (Å²) in [5.41, 5.74) is 1.34. The van der Waals surface area contributed by atoms with Gasteiger partial charge in [0.25, 0.3) is 5.56 Å². The number of carbonyl (C=O) groups excluding carboxylic acids is 1. The van der Waals surface area contributed by atoms with Gasteiger partial charge >= 0.3 is 5.97 Å². The number of aromatic nitrogens is 1. The van der Waals surface area contributed by atoms with Gasteiger partial charge in [-0.15, -0.1) is 11.3 Å². The highest BCUT2D eigenvalue weighted by molar-refractivity contribution is 7.10. The molecular weight excluding hydrogens is 399 g/mol. The summed E-state index contributed by atoms with van der Waals surface area (Å²) < 4.78 is 20.1. The van der Waals surface area contributed by atoms with E-state index < -0.39 is 12.0 Å². The van der Waals surface area contributed by atoms with E-state index in [9.17, 15) is 14.0 Å². The topological polar surface area (TPSA) is 60.7 Å². The molecule has 0 saturated carbocycles. The maximum atomic E-state index is 13.2. The first-order valence-electron chi connectivity index (χ1n) is 8.39. The Morgan fingerprint density at radius 3 is 2.68 bits per heavy atom. The number of hydrogen-bond donors (Lipinski definition) is 0. The summed E-state index contributed by atoms with van der Waals surface area (Å²) >= 11 is 2.70. The van der Waals surface area contributed by atoms with Gasteiger partial charge in [-0.2, -0.15) is 0 Å². The first kappa shape index (κ1) is 18.5. The molecule has 1 aromatic carbocycles. The molecule has 0 amide bonds. The Balaban J connectivity index is 1.96. The molecule has 3 aromatic rings. The van der Waals surface area contributed by atoms with Gasteiger partial charge in [-0.3, -0.25) is 9.36 Å². The smallest absolute Gasteiger partial charge is 0.338 e. The number of thiazole rings is 1. The molecule has 8 heteroatoms. The highest BCUT2D eigenvalue weighted by Crippen LogP contribution is 2.32. The van der Waals surface area contributed by atoms with Gasteiger partial charge in [-0.05, 0) is 42.1 Å². The molecule has 5 nitrogen and oxygen atoms in total. The Morgan fingerprint density at radius 2 is 2.04 bits per heavy atom. The van der Waals surface area contributed by atoms with Crippen molar-refractivity contribution in [2.45, 2.75) is 13.0 Å². The summed E-state index contributed by atoms with van der Waals surface area (Å²) in [6, 6.07) is 9.07. The number of allylic oxidation sites excluding steroid dienone is 1. The third-order valence-corrected chi connectivity index (χ3v) is 6.32. The van der Waals surface area contributed by atoms with Crippen LogP contribution in [-0.2, 0) is 9.53 Å². The fraction of sp³-hybridized carbons (Fsp3) is 0.150. The molecule has 0 bridgehead atoms. The number of thiophene rings is 1. The number of esters is 1. The monoisotopic (exact) mass is 414 g/mol. The molecule has 2 aromatic heterocycles. The zero-order chi connectivity index (χ0) is 19.8. The number of nitrogens with zero attached hydrogens (tertiary/aromatic N) is 2. The third-order valence-electron chi connectivity index (χ3n) is 4.41. The van der Waals surface area contributed by atoms with Crippen LogP contribution in [0, 0.1) is 5.82 Å². The first-order chi connectivity index (χ1) is 13.5. The van der Waals surface area contributed by atoms with Crippen LogP contribution in [-0.4, -0.2) is 17.6 Å². The zero-order valence-electron chi connectivity index (χ0n) is 15.0. The van der Waals surface area contributed by atoms with Crippen molar-refractivity contribution in [1.82, 2.24) is 4.57 Å². The minimum atomic E-state index is -0.584. The van der Waals surface area contributed by atoms with Crippen LogP contribution < -0.4 is 14.9 Å². The van der Waals surface area contributed by atoms with E-state index in [0.717, 1.165) is 4.88 Å². The van der Waals surface area contributed by atoms with Crippen LogP contribution in [0.25, 0.3) is 6.08 Å². The van der Waals surface area contributed by atoms with Crippen molar-refractivity contribution in [2.75, 3.05) is 7.11 Å². The van der Waals surface area contributed by atoms with Crippen molar-refractivity contribution in [3.05, 3.63) is 89.0 Å². The van der Waals surface area contributed by atoms with Crippen LogP contribution in [0.3, 0.4) is 0 Å². The van der Waals surface area contributed by atoms with E-state index in [-0.39, 0.29) is 11.4 Å². The SMILES string of the molecule is COC(=O)C1=C(C)N=c2sc(=Cc3ccc(F)cc3)c(=O)n2C1c1cccs1. The first-order valence-corrected chi connectivity index (χ1v) is 10.1. The lowest BCUT2D eigenvalue weighted by Crippen LogP contribution is -2.39. The van der Waals surface area contributed by atoms with E-state index in [1.54, 1.807) is 25.1 Å². The standard InChI is InChI=1S/C20H15FN2O3S2/c1-11-16(19(25)26-2)17(14-4-3-9-27-14)23-18(24)15(28-20(23)22-11)10-12-5-7-13(21)8-6-12/h3-10,17H,1-2H3. The van der Waals surface area contributed by atoms with Gasteiger partial charge in [-0.1, -0.05) is 29.5 Å². The van der Waals surface area contributed by atoms with E-state index in [1.165, 1.54) is 46.5 Å². The third kappa shape index (κ3) is 3.14. The Morgan fingerprint density at radius 1 is 1.29 bits per heavy atom. The maximum absolute atomic E-state index is 13.2. The van der Waals surface area contributed by atoms with Crippen molar-refractivity contribution < 1.29 is 13.9 Å². The predicted molar refractivity (Wildman–Crippen MR) is 107 cm³/mol. The summed E-state index contributed by atoms with van der Waals surface area (Å²) in [5, 5.41) is 1.90. The number of halogens is 1. The molecule has 28 heavy (non-hydrogen) atoms. The Labute approximate surface area is 167 Å². The predicted octanol–water partition coefficient (Wildman–Crippen LogP) is 2.61.